The van der Waals surface area contributed by atoms with Crippen LogP contribution in [0.3, 0.4) is 0 Å². The quantitative estimate of drug-likeness (QED) is 0.641. The van der Waals surface area contributed by atoms with Crippen molar-refractivity contribution in [3.05, 3.63) is 0 Å². The molecule has 1 heterocycles. The second-order valence-electron chi connectivity index (χ2n) is 4.79. The normalized spacial score (nSPS) is 32.8. The maximum Gasteiger partial charge on any atom is 0.0230 e. The maximum atomic E-state index is 3.37. The molecular weight excluding hydrogens is 148 g/mol. The molecule has 0 bridgehead atoms. The Morgan fingerprint density at radius 3 is 2.17 bits per heavy atom. The number of likely N-dealkylation sites (N-methyl/N-ethyl adjacent to an activating group) is 1. The Hall–Kier alpha value is -0.0800. The zero-order valence-corrected chi connectivity index (χ0v) is 9.02. The van der Waals surface area contributed by atoms with E-state index < -0.39 is 0 Å². The first-order chi connectivity index (χ1) is 5.46. The fourth-order valence-electron chi connectivity index (χ4n) is 2.27. The summed E-state index contributed by atoms with van der Waals surface area (Å²) in [5.74, 6) is 0. The molecule has 2 nitrogen and oxygen atoms in total. The van der Waals surface area contributed by atoms with E-state index in [1.165, 1.54) is 13.0 Å². The number of likely N-dealkylation sites (tertiary alicyclic amines) is 1. The SMILES string of the molecule is CNC1CCN(C(C)(C)C)[C@@H]1C. The summed E-state index contributed by atoms with van der Waals surface area (Å²) in [6, 6.07) is 1.36. The minimum Gasteiger partial charge on any atom is -0.315 e. The summed E-state index contributed by atoms with van der Waals surface area (Å²) >= 11 is 0. The molecule has 1 fully saturated rings. The van der Waals surface area contributed by atoms with Gasteiger partial charge in [-0.15, -0.1) is 0 Å². The van der Waals surface area contributed by atoms with Crippen molar-refractivity contribution in [1.29, 1.82) is 0 Å². The van der Waals surface area contributed by atoms with Gasteiger partial charge in [0.15, 0.2) is 0 Å². The minimum atomic E-state index is 0.324. The average Bonchev–Trinajstić information content (AvgIpc) is 2.29. The third-order valence-corrected chi connectivity index (χ3v) is 2.99. The van der Waals surface area contributed by atoms with E-state index >= 15 is 0 Å². The lowest BCUT2D eigenvalue weighted by Gasteiger charge is -2.36. The zero-order chi connectivity index (χ0) is 9.35. The molecule has 2 atom stereocenters. The molecule has 0 aromatic rings. The average molecular weight is 170 g/mol. The number of hydrogen-bond donors (Lipinski definition) is 1. The number of nitrogens with one attached hydrogen (secondary N) is 1. The van der Waals surface area contributed by atoms with Gasteiger partial charge in [0, 0.05) is 24.2 Å². The Labute approximate surface area is 76.3 Å². The molecule has 1 saturated heterocycles. The van der Waals surface area contributed by atoms with Crippen molar-refractivity contribution in [2.75, 3.05) is 13.6 Å². The molecule has 0 radical (unpaired) electrons. The summed E-state index contributed by atoms with van der Waals surface area (Å²) in [7, 11) is 2.06. The third-order valence-electron chi connectivity index (χ3n) is 2.99. The molecule has 0 aromatic heterocycles. The van der Waals surface area contributed by atoms with E-state index in [1.54, 1.807) is 0 Å². The summed E-state index contributed by atoms with van der Waals surface area (Å²) in [4.78, 5) is 2.58. The number of nitrogens with zero attached hydrogens (tertiary/aromatic N) is 1. The van der Waals surface area contributed by atoms with Gasteiger partial charge in [0.1, 0.15) is 0 Å². The van der Waals surface area contributed by atoms with Crippen molar-refractivity contribution in [2.45, 2.75) is 51.7 Å². The monoisotopic (exact) mass is 170 g/mol. The van der Waals surface area contributed by atoms with Crippen LogP contribution in [-0.2, 0) is 0 Å². The van der Waals surface area contributed by atoms with E-state index in [4.69, 9.17) is 0 Å². The first-order valence-corrected chi connectivity index (χ1v) is 4.91. The first kappa shape index (κ1) is 10.0. The zero-order valence-electron chi connectivity index (χ0n) is 9.02. The molecular formula is C10H22N2. The lowest BCUT2D eigenvalue weighted by atomic mass is 10.0. The van der Waals surface area contributed by atoms with Gasteiger partial charge in [-0.1, -0.05) is 0 Å². The summed E-state index contributed by atoms with van der Waals surface area (Å²) in [5.41, 5.74) is 0.324. The van der Waals surface area contributed by atoms with Crippen LogP contribution in [0.5, 0.6) is 0 Å². The van der Waals surface area contributed by atoms with Crippen LogP contribution in [0.2, 0.25) is 0 Å². The van der Waals surface area contributed by atoms with E-state index in [0.717, 1.165) is 0 Å². The van der Waals surface area contributed by atoms with E-state index in [9.17, 15) is 0 Å². The van der Waals surface area contributed by atoms with Crippen molar-refractivity contribution < 1.29 is 0 Å². The molecule has 1 aliphatic rings. The second-order valence-corrected chi connectivity index (χ2v) is 4.79. The van der Waals surface area contributed by atoms with Crippen LogP contribution in [0, 0.1) is 0 Å². The summed E-state index contributed by atoms with van der Waals surface area (Å²) in [5, 5.41) is 3.37. The molecule has 2 heteroatoms. The highest BCUT2D eigenvalue weighted by Gasteiger charge is 2.35. The lowest BCUT2D eigenvalue weighted by molar-refractivity contribution is 0.123. The molecule has 1 unspecified atom stereocenters. The van der Waals surface area contributed by atoms with Crippen molar-refractivity contribution in [1.82, 2.24) is 10.2 Å². The number of hydrogen-bond acceptors (Lipinski definition) is 2. The molecule has 0 spiro atoms. The highest BCUT2D eigenvalue weighted by atomic mass is 15.3. The molecule has 1 aliphatic heterocycles. The Morgan fingerprint density at radius 2 is 1.92 bits per heavy atom. The van der Waals surface area contributed by atoms with Gasteiger partial charge in [0.2, 0.25) is 0 Å². The van der Waals surface area contributed by atoms with Gasteiger partial charge in [0.05, 0.1) is 0 Å². The maximum absolute atomic E-state index is 3.37. The molecule has 0 amide bonds. The van der Waals surface area contributed by atoms with Crippen LogP contribution in [0.4, 0.5) is 0 Å². The fourth-order valence-corrected chi connectivity index (χ4v) is 2.27. The van der Waals surface area contributed by atoms with Crippen molar-refractivity contribution in [2.24, 2.45) is 0 Å². The number of rotatable bonds is 1. The molecule has 0 aromatic carbocycles. The molecule has 1 N–H and O–H groups in total. The Bertz CT molecular complexity index is 148. The summed E-state index contributed by atoms with van der Waals surface area (Å²) < 4.78 is 0. The Morgan fingerprint density at radius 1 is 1.33 bits per heavy atom. The predicted molar refractivity (Wildman–Crippen MR) is 53.4 cm³/mol. The van der Waals surface area contributed by atoms with Crippen LogP contribution >= 0.6 is 0 Å². The molecule has 72 valence electrons. The molecule has 1 rings (SSSR count). The third kappa shape index (κ3) is 1.80. The van der Waals surface area contributed by atoms with Gasteiger partial charge in [-0.05, 0) is 41.2 Å². The van der Waals surface area contributed by atoms with Gasteiger partial charge < -0.3 is 5.32 Å². The highest BCUT2D eigenvalue weighted by molar-refractivity contribution is 4.93. The summed E-state index contributed by atoms with van der Waals surface area (Å²) in [6.07, 6.45) is 1.29. The van der Waals surface area contributed by atoms with E-state index in [0.29, 0.717) is 17.6 Å². The van der Waals surface area contributed by atoms with Gasteiger partial charge >= 0.3 is 0 Å². The fraction of sp³-hybridized carbons (Fsp3) is 1.00. The van der Waals surface area contributed by atoms with Crippen molar-refractivity contribution in [3.63, 3.8) is 0 Å². The van der Waals surface area contributed by atoms with Crippen LogP contribution < -0.4 is 5.32 Å². The Balaban J connectivity index is 2.61. The minimum absolute atomic E-state index is 0.324. The van der Waals surface area contributed by atoms with Gasteiger partial charge in [-0.2, -0.15) is 0 Å². The van der Waals surface area contributed by atoms with Crippen LogP contribution in [0.1, 0.15) is 34.1 Å². The van der Waals surface area contributed by atoms with Crippen LogP contribution in [-0.4, -0.2) is 36.1 Å². The topological polar surface area (TPSA) is 15.3 Å². The van der Waals surface area contributed by atoms with Crippen LogP contribution in [0.25, 0.3) is 0 Å². The van der Waals surface area contributed by atoms with E-state index in [1.807, 2.05) is 0 Å². The second kappa shape index (κ2) is 3.35. The lowest BCUT2D eigenvalue weighted by Crippen LogP contribution is -2.47. The van der Waals surface area contributed by atoms with Crippen molar-refractivity contribution in [3.8, 4) is 0 Å². The highest BCUT2D eigenvalue weighted by Crippen LogP contribution is 2.25. The smallest absolute Gasteiger partial charge is 0.0230 e. The van der Waals surface area contributed by atoms with Gasteiger partial charge in [-0.3, -0.25) is 4.90 Å². The Kier molecular flexibility index (Phi) is 2.79. The predicted octanol–water partition coefficient (Wildman–Crippen LogP) is 1.47. The first-order valence-electron chi connectivity index (χ1n) is 4.91. The van der Waals surface area contributed by atoms with Crippen molar-refractivity contribution >= 4 is 0 Å². The largest absolute Gasteiger partial charge is 0.315 e. The van der Waals surface area contributed by atoms with Gasteiger partial charge in [0.25, 0.3) is 0 Å². The van der Waals surface area contributed by atoms with E-state index in [2.05, 4.69) is 45.0 Å². The molecule has 12 heavy (non-hydrogen) atoms. The standard InChI is InChI=1S/C10H22N2/c1-8-9(11-5)6-7-12(8)10(2,3)4/h8-9,11H,6-7H2,1-5H3/t8-,9?/m1/s1. The van der Waals surface area contributed by atoms with E-state index in [-0.39, 0.29) is 0 Å². The van der Waals surface area contributed by atoms with Crippen LogP contribution in [0.15, 0.2) is 0 Å². The summed E-state index contributed by atoms with van der Waals surface area (Å²) in [6.45, 7) is 10.4. The molecule has 0 aliphatic carbocycles. The molecule has 0 saturated carbocycles. The van der Waals surface area contributed by atoms with Gasteiger partial charge in [-0.25, -0.2) is 0 Å².